The van der Waals surface area contributed by atoms with Crippen molar-refractivity contribution in [3.63, 3.8) is 0 Å². The molecule has 0 radical (unpaired) electrons. The molecule has 1 aliphatic rings. The van der Waals surface area contributed by atoms with Crippen molar-refractivity contribution >= 4 is 39.4 Å². The Morgan fingerprint density at radius 2 is 2.10 bits per heavy atom. The number of fused-ring (bicyclic) bond motifs is 2. The van der Waals surface area contributed by atoms with Gasteiger partial charge in [-0.1, -0.05) is 32.5 Å². The summed E-state index contributed by atoms with van der Waals surface area (Å²) in [6.45, 7) is 7.05. The van der Waals surface area contributed by atoms with Gasteiger partial charge < -0.3 is 4.57 Å². The minimum Gasteiger partial charge on any atom is -0.304 e. The van der Waals surface area contributed by atoms with Crippen molar-refractivity contribution in [3.05, 3.63) is 50.2 Å². The van der Waals surface area contributed by atoms with Crippen LogP contribution in [0.25, 0.3) is 15.7 Å². The normalized spacial score (nSPS) is 16.7. The summed E-state index contributed by atoms with van der Waals surface area (Å²) in [5.74, 6) is 2.23. The van der Waals surface area contributed by atoms with Crippen LogP contribution in [0.5, 0.6) is 0 Å². The van der Waals surface area contributed by atoms with Gasteiger partial charge in [-0.05, 0) is 42.2 Å². The van der Waals surface area contributed by atoms with E-state index in [1.165, 1.54) is 33.1 Å². The average Bonchev–Trinajstić information content (AvgIpc) is 3.43. The highest BCUT2D eigenvalue weighted by molar-refractivity contribution is 7.98. The fraction of sp³-hybridized carbons (Fsp3) is 0.455. The average molecular weight is 472 g/mol. The van der Waals surface area contributed by atoms with E-state index >= 15 is 0 Å². The molecule has 162 valence electrons. The molecule has 0 saturated heterocycles. The third kappa shape index (κ3) is 3.99. The maximum absolute atomic E-state index is 12.2. The molecule has 0 N–H and O–H groups in total. The monoisotopic (exact) mass is 471 g/mol. The Kier molecular flexibility index (Phi) is 5.30. The van der Waals surface area contributed by atoms with Crippen LogP contribution in [0.1, 0.15) is 43.3 Å². The van der Waals surface area contributed by atoms with Crippen molar-refractivity contribution in [3.8, 4) is 10.7 Å². The number of rotatable bonds is 4. The van der Waals surface area contributed by atoms with E-state index in [2.05, 4.69) is 46.6 Å². The molecular weight excluding hydrogens is 446 g/mol. The molecule has 0 aromatic carbocycles. The predicted molar refractivity (Wildman–Crippen MR) is 128 cm³/mol. The number of nitrogens with zero attached hydrogens (tertiary/aromatic N) is 5. The summed E-state index contributed by atoms with van der Waals surface area (Å²) in [7, 11) is 2.01. The summed E-state index contributed by atoms with van der Waals surface area (Å²) in [5, 5.41) is 11.6. The van der Waals surface area contributed by atoms with Gasteiger partial charge in [0.05, 0.1) is 10.6 Å². The van der Waals surface area contributed by atoms with Crippen molar-refractivity contribution in [2.75, 3.05) is 0 Å². The van der Waals surface area contributed by atoms with E-state index in [-0.39, 0.29) is 5.56 Å². The first-order chi connectivity index (χ1) is 14.8. The van der Waals surface area contributed by atoms with Crippen LogP contribution in [-0.2, 0) is 25.6 Å². The van der Waals surface area contributed by atoms with Gasteiger partial charge in [0.2, 0.25) is 0 Å². The number of thiazole rings is 1. The number of aryl methyl sites for hydroxylation is 1. The van der Waals surface area contributed by atoms with E-state index < -0.39 is 0 Å². The summed E-state index contributed by atoms with van der Waals surface area (Å²) in [6.07, 6.45) is 5.33. The predicted octanol–water partition coefficient (Wildman–Crippen LogP) is 5.06. The van der Waals surface area contributed by atoms with Gasteiger partial charge in [-0.15, -0.1) is 32.9 Å². The maximum Gasteiger partial charge on any atom is 0.258 e. The van der Waals surface area contributed by atoms with Gasteiger partial charge in [-0.3, -0.25) is 9.20 Å². The van der Waals surface area contributed by atoms with Crippen LogP contribution in [0.15, 0.2) is 33.7 Å². The third-order valence-corrected chi connectivity index (χ3v) is 9.11. The Labute approximate surface area is 193 Å². The zero-order chi connectivity index (χ0) is 21.8. The number of thiophene rings is 1. The zero-order valence-corrected chi connectivity index (χ0v) is 20.5. The Bertz CT molecular complexity index is 1310. The number of aromatic nitrogens is 5. The van der Waals surface area contributed by atoms with Gasteiger partial charge in [-0.25, -0.2) is 4.98 Å². The summed E-state index contributed by atoms with van der Waals surface area (Å²) in [4.78, 5) is 20.2. The highest BCUT2D eigenvalue weighted by atomic mass is 32.2. The fourth-order valence-corrected chi connectivity index (χ4v) is 6.90. The van der Waals surface area contributed by atoms with Crippen LogP contribution in [0.2, 0.25) is 0 Å². The summed E-state index contributed by atoms with van der Waals surface area (Å²) in [6, 6.07) is 3.92. The van der Waals surface area contributed by atoms with Gasteiger partial charge in [-0.2, -0.15) is 0 Å². The third-order valence-electron chi connectivity index (χ3n) is 6.07. The van der Waals surface area contributed by atoms with Gasteiger partial charge in [0.15, 0.2) is 15.9 Å². The highest BCUT2D eigenvalue weighted by Crippen LogP contribution is 2.42. The molecule has 4 aromatic rings. The highest BCUT2D eigenvalue weighted by Gasteiger charge is 2.30. The smallest absolute Gasteiger partial charge is 0.258 e. The van der Waals surface area contributed by atoms with Crippen molar-refractivity contribution in [1.82, 2.24) is 24.1 Å². The van der Waals surface area contributed by atoms with Gasteiger partial charge >= 0.3 is 0 Å². The van der Waals surface area contributed by atoms with Crippen LogP contribution in [0.3, 0.4) is 0 Å². The molecule has 6 nitrogen and oxygen atoms in total. The SMILES string of the molecule is Cn1c(SCc2cc(=O)n3ccsc3n2)nnc1-c1cc2c(s1)CCC(C(C)(C)C)C2. The molecule has 4 aromatic heterocycles. The first-order valence-corrected chi connectivity index (χ1v) is 13.1. The molecule has 1 atom stereocenters. The van der Waals surface area contributed by atoms with E-state index in [1.54, 1.807) is 28.4 Å². The standard InChI is InChI=1S/C22H25N5OS3/c1-22(2,3)14-5-6-16-13(9-14)10-17(31-16)19-24-25-21(26(19)4)30-12-15-11-18(28)27-7-8-29-20(27)23-15/h7-8,10-11,14H,5-6,9,12H2,1-4H3. The molecule has 0 fully saturated rings. The molecule has 4 heterocycles. The molecule has 0 aliphatic heterocycles. The number of thioether (sulfide) groups is 1. The first kappa shape index (κ1) is 20.9. The Hall–Kier alpha value is -1.97. The summed E-state index contributed by atoms with van der Waals surface area (Å²) < 4.78 is 3.63. The van der Waals surface area contributed by atoms with Crippen molar-refractivity contribution in [1.29, 1.82) is 0 Å². The number of hydrogen-bond donors (Lipinski definition) is 0. The molecule has 5 rings (SSSR count). The fourth-order valence-electron chi connectivity index (χ4n) is 4.13. The van der Waals surface area contributed by atoms with Gasteiger partial charge in [0, 0.05) is 35.3 Å². The lowest BCUT2D eigenvalue weighted by molar-refractivity contribution is 0.217. The van der Waals surface area contributed by atoms with Crippen LogP contribution in [0, 0.1) is 11.3 Å². The number of hydrogen-bond acceptors (Lipinski definition) is 7. The van der Waals surface area contributed by atoms with Crippen molar-refractivity contribution in [2.45, 2.75) is 50.9 Å². The van der Waals surface area contributed by atoms with Crippen LogP contribution in [0.4, 0.5) is 0 Å². The van der Waals surface area contributed by atoms with E-state index in [0.29, 0.717) is 11.2 Å². The van der Waals surface area contributed by atoms with Gasteiger partial charge in [0.25, 0.3) is 5.56 Å². The molecular formula is C22H25N5OS3. The second-order valence-electron chi connectivity index (χ2n) is 9.16. The van der Waals surface area contributed by atoms with Crippen LogP contribution in [-0.4, -0.2) is 24.1 Å². The first-order valence-electron chi connectivity index (χ1n) is 10.4. The van der Waals surface area contributed by atoms with E-state index in [9.17, 15) is 4.79 Å². The molecule has 1 unspecified atom stereocenters. The quantitative estimate of drug-likeness (QED) is 0.390. The van der Waals surface area contributed by atoms with E-state index in [0.717, 1.165) is 40.4 Å². The lowest BCUT2D eigenvalue weighted by atomic mass is 9.72. The molecule has 0 spiro atoms. The largest absolute Gasteiger partial charge is 0.304 e. The van der Waals surface area contributed by atoms with Crippen molar-refractivity contribution < 1.29 is 0 Å². The molecule has 0 bridgehead atoms. The van der Waals surface area contributed by atoms with E-state index in [4.69, 9.17) is 0 Å². The van der Waals surface area contributed by atoms with Crippen LogP contribution >= 0.6 is 34.4 Å². The minimum atomic E-state index is -0.0433. The minimum absolute atomic E-state index is 0.0433. The lowest BCUT2D eigenvalue weighted by Crippen LogP contribution is -2.26. The van der Waals surface area contributed by atoms with Crippen LogP contribution < -0.4 is 5.56 Å². The molecule has 9 heteroatoms. The van der Waals surface area contributed by atoms with Gasteiger partial charge in [0.1, 0.15) is 0 Å². The molecule has 0 amide bonds. The molecule has 1 aliphatic carbocycles. The molecule has 0 saturated carbocycles. The Morgan fingerprint density at radius 1 is 1.26 bits per heavy atom. The second-order valence-corrected chi connectivity index (χ2v) is 12.1. The topological polar surface area (TPSA) is 65.1 Å². The Balaban J connectivity index is 1.35. The second kappa shape index (κ2) is 7.86. The summed E-state index contributed by atoms with van der Waals surface area (Å²) >= 11 is 4.89. The Morgan fingerprint density at radius 3 is 2.90 bits per heavy atom. The lowest BCUT2D eigenvalue weighted by Gasteiger charge is -2.33. The zero-order valence-electron chi connectivity index (χ0n) is 18.1. The molecule has 31 heavy (non-hydrogen) atoms. The van der Waals surface area contributed by atoms with E-state index in [1.807, 2.05) is 23.8 Å². The van der Waals surface area contributed by atoms with Crippen molar-refractivity contribution in [2.24, 2.45) is 18.4 Å². The maximum atomic E-state index is 12.2. The summed E-state index contributed by atoms with van der Waals surface area (Å²) in [5.41, 5.74) is 2.55.